The first-order valence-electron chi connectivity index (χ1n) is 14.8. The molecule has 4 heterocycles. The molecule has 1 atom stereocenters. The van der Waals surface area contributed by atoms with Crippen LogP contribution < -0.4 is 5.32 Å². The fourth-order valence-corrected chi connectivity index (χ4v) is 5.67. The Kier molecular flexibility index (Phi) is 10.2. The maximum Gasteiger partial charge on any atom is 0.437 e. The number of carbonyl (C=O) groups is 3. The van der Waals surface area contributed by atoms with Gasteiger partial charge in [0.05, 0.1) is 29.9 Å². The molecule has 16 heteroatoms. The summed E-state index contributed by atoms with van der Waals surface area (Å²) in [6.07, 6.45) is 5.65. The van der Waals surface area contributed by atoms with Gasteiger partial charge in [0.15, 0.2) is 5.82 Å². The van der Waals surface area contributed by atoms with Crippen LogP contribution in [0.3, 0.4) is 0 Å². The number of ether oxygens (including phenoxy) is 3. The number of hydrogen-bond acceptors (Lipinski definition) is 11. The second-order valence-corrected chi connectivity index (χ2v) is 11.8. The van der Waals surface area contributed by atoms with Crippen molar-refractivity contribution < 1.29 is 37.4 Å². The first-order chi connectivity index (χ1) is 22.0. The van der Waals surface area contributed by atoms with Crippen molar-refractivity contribution in [2.45, 2.75) is 71.8 Å². The molecule has 1 aliphatic rings. The van der Waals surface area contributed by atoms with Crippen molar-refractivity contribution in [1.29, 1.82) is 0 Å². The highest BCUT2D eigenvalue weighted by molar-refractivity contribution is 7.13. The van der Waals surface area contributed by atoms with Crippen molar-refractivity contribution in [2.24, 2.45) is 5.92 Å². The summed E-state index contributed by atoms with van der Waals surface area (Å²) in [6, 6.07) is 1.83. The minimum absolute atomic E-state index is 0.0131. The fourth-order valence-electron chi connectivity index (χ4n) is 4.89. The van der Waals surface area contributed by atoms with Crippen LogP contribution in [0.1, 0.15) is 69.9 Å². The summed E-state index contributed by atoms with van der Waals surface area (Å²) in [4.78, 5) is 45.6. The zero-order valence-electron chi connectivity index (χ0n) is 25.6. The van der Waals surface area contributed by atoms with Gasteiger partial charge in [0.1, 0.15) is 22.1 Å². The standard InChI is InChI=1S/C30H33F2N7O6S/c1-5-43-20-8-6-19(7-9-20)38-14-22(26(37-38)25-21(31)10-11-24(32)36-25)34-27(40)23-15-46-28(35-23)18-12-33-39(13-18)30(42)45-17(4)44-29(41)16(2)3/h10-17,19-20H,5-9H2,1-4H3,(H,34,40). The summed E-state index contributed by atoms with van der Waals surface area (Å²) in [5.41, 5.74) is 0.263. The summed E-state index contributed by atoms with van der Waals surface area (Å²) in [7, 11) is 0. The normalized spacial score (nSPS) is 17.1. The van der Waals surface area contributed by atoms with Crippen LogP contribution in [0.25, 0.3) is 22.0 Å². The van der Waals surface area contributed by atoms with E-state index < -0.39 is 36.0 Å². The molecule has 1 aliphatic carbocycles. The molecule has 1 N–H and O–H groups in total. The van der Waals surface area contributed by atoms with E-state index in [-0.39, 0.29) is 40.8 Å². The number of pyridine rings is 1. The number of nitrogens with one attached hydrogen (secondary N) is 1. The maximum absolute atomic E-state index is 14.8. The van der Waals surface area contributed by atoms with Crippen molar-refractivity contribution in [2.75, 3.05) is 11.9 Å². The molecule has 0 spiro atoms. The van der Waals surface area contributed by atoms with Crippen LogP contribution in [-0.4, -0.2) is 66.5 Å². The molecule has 0 aliphatic heterocycles. The Bertz CT molecular complexity index is 1710. The molecule has 46 heavy (non-hydrogen) atoms. The highest BCUT2D eigenvalue weighted by Crippen LogP contribution is 2.34. The number of esters is 1. The van der Waals surface area contributed by atoms with E-state index >= 15 is 0 Å². The molecule has 244 valence electrons. The van der Waals surface area contributed by atoms with Gasteiger partial charge in [-0.05, 0) is 44.7 Å². The summed E-state index contributed by atoms with van der Waals surface area (Å²) in [5.74, 6) is -3.20. The van der Waals surface area contributed by atoms with Crippen LogP contribution in [-0.2, 0) is 19.0 Å². The topological polar surface area (TPSA) is 152 Å². The SMILES string of the molecule is CCOC1CCC(n2cc(NC(=O)c3csc(-c4cnn(C(=O)OC(C)OC(=O)C(C)C)c4)n3)c(-c3nc(F)ccc3F)n2)CC1. The molecule has 1 amide bonds. The highest BCUT2D eigenvalue weighted by Gasteiger charge is 2.27. The summed E-state index contributed by atoms with van der Waals surface area (Å²) in [6.45, 7) is 7.30. The molecule has 1 unspecified atom stereocenters. The third-order valence-electron chi connectivity index (χ3n) is 7.21. The van der Waals surface area contributed by atoms with Crippen molar-refractivity contribution in [1.82, 2.24) is 29.5 Å². The molecule has 0 radical (unpaired) electrons. The largest absolute Gasteiger partial charge is 0.437 e. The molecule has 1 fully saturated rings. The second kappa shape index (κ2) is 14.2. The summed E-state index contributed by atoms with van der Waals surface area (Å²) in [5, 5.41) is 13.1. The lowest BCUT2D eigenvalue weighted by Gasteiger charge is -2.28. The lowest BCUT2D eigenvalue weighted by Crippen LogP contribution is -2.26. The van der Waals surface area contributed by atoms with Gasteiger partial charge in [-0.3, -0.25) is 14.3 Å². The maximum atomic E-state index is 14.8. The minimum atomic E-state index is -1.12. The van der Waals surface area contributed by atoms with Crippen molar-refractivity contribution in [3.8, 4) is 22.0 Å². The van der Waals surface area contributed by atoms with E-state index in [9.17, 15) is 23.2 Å². The number of carbonyl (C=O) groups excluding carboxylic acids is 3. The van der Waals surface area contributed by atoms with Crippen LogP contribution in [0.5, 0.6) is 0 Å². The predicted octanol–water partition coefficient (Wildman–Crippen LogP) is 5.85. The Morgan fingerprint density at radius 2 is 1.80 bits per heavy atom. The van der Waals surface area contributed by atoms with Gasteiger partial charge >= 0.3 is 12.1 Å². The number of halogens is 2. The van der Waals surface area contributed by atoms with Crippen LogP contribution in [0, 0.1) is 17.7 Å². The number of rotatable bonds is 10. The van der Waals surface area contributed by atoms with Gasteiger partial charge in [0.25, 0.3) is 5.91 Å². The molecule has 1 saturated carbocycles. The quantitative estimate of drug-likeness (QED) is 0.125. The van der Waals surface area contributed by atoms with E-state index in [0.29, 0.717) is 17.2 Å². The molecular weight excluding hydrogens is 624 g/mol. The lowest BCUT2D eigenvalue weighted by molar-refractivity contribution is -0.168. The van der Waals surface area contributed by atoms with Gasteiger partial charge in [0, 0.05) is 36.9 Å². The number of nitrogens with zero attached hydrogens (tertiary/aromatic N) is 6. The summed E-state index contributed by atoms with van der Waals surface area (Å²) < 4.78 is 47.3. The van der Waals surface area contributed by atoms with Gasteiger partial charge in [-0.1, -0.05) is 13.8 Å². The van der Waals surface area contributed by atoms with Crippen LogP contribution in [0.4, 0.5) is 19.3 Å². The fraction of sp³-hybridized carbons (Fsp3) is 0.433. The van der Waals surface area contributed by atoms with Crippen LogP contribution >= 0.6 is 11.3 Å². The monoisotopic (exact) mass is 657 g/mol. The van der Waals surface area contributed by atoms with Crippen molar-refractivity contribution in [3.63, 3.8) is 0 Å². The van der Waals surface area contributed by atoms with E-state index in [1.807, 2.05) is 6.92 Å². The van der Waals surface area contributed by atoms with E-state index in [2.05, 4.69) is 25.5 Å². The van der Waals surface area contributed by atoms with Crippen LogP contribution in [0.15, 0.2) is 36.1 Å². The first-order valence-corrected chi connectivity index (χ1v) is 15.7. The Morgan fingerprint density at radius 3 is 2.52 bits per heavy atom. The molecule has 13 nitrogen and oxygen atoms in total. The lowest BCUT2D eigenvalue weighted by atomic mass is 9.93. The van der Waals surface area contributed by atoms with Gasteiger partial charge < -0.3 is 19.5 Å². The van der Waals surface area contributed by atoms with Crippen LogP contribution in [0.2, 0.25) is 0 Å². The molecule has 0 aromatic carbocycles. The molecule has 0 bridgehead atoms. The number of aromatic nitrogens is 6. The Balaban J connectivity index is 1.31. The molecule has 4 aromatic rings. The van der Waals surface area contributed by atoms with Gasteiger partial charge in [-0.15, -0.1) is 11.3 Å². The molecular formula is C30H33F2N7O6S. The van der Waals surface area contributed by atoms with Gasteiger partial charge in [0.2, 0.25) is 12.2 Å². The third-order valence-corrected chi connectivity index (χ3v) is 8.10. The second-order valence-electron chi connectivity index (χ2n) is 10.9. The van der Waals surface area contributed by atoms with Crippen molar-refractivity contribution in [3.05, 3.63) is 53.6 Å². The number of amides is 1. The molecule has 4 aromatic heterocycles. The predicted molar refractivity (Wildman–Crippen MR) is 162 cm³/mol. The highest BCUT2D eigenvalue weighted by atomic mass is 32.1. The Hall–Kier alpha value is -4.57. The number of thiazole rings is 1. The average molecular weight is 658 g/mol. The molecule has 0 saturated heterocycles. The van der Waals surface area contributed by atoms with E-state index in [4.69, 9.17) is 14.2 Å². The van der Waals surface area contributed by atoms with Crippen molar-refractivity contribution >= 4 is 35.0 Å². The third kappa shape index (κ3) is 7.62. The smallest absolute Gasteiger partial charge is 0.425 e. The van der Waals surface area contributed by atoms with Gasteiger partial charge in [-0.25, -0.2) is 19.2 Å². The Morgan fingerprint density at radius 1 is 1.04 bits per heavy atom. The van der Waals surface area contributed by atoms with E-state index in [1.165, 1.54) is 24.7 Å². The van der Waals surface area contributed by atoms with Gasteiger partial charge in [-0.2, -0.15) is 19.3 Å². The van der Waals surface area contributed by atoms with E-state index in [1.54, 1.807) is 24.7 Å². The summed E-state index contributed by atoms with van der Waals surface area (Å²) >= 11 is 1.13. The Labute approximate surface area is 266 Å². The average Bonchev–Trinajstić information content (AvgIpc) is 3.79. The first kappa shape index (κ1) is 32.8. The van der Waals surface area contributed by atoms with E-state index in [0.717, 1.165) is 53.8 Å². The zero-order chi connectivity index (χ0) is 33.0. The zero-order valence-corrected chi connectivity index (χ0v) is 26.4. The molecule has 5 rings (SSSR count). The number of anilines is 1. The number of hydrogen-bond donors (Lipinski definition) is 1. The minimum Gasteiger partial charge on any atom is -0.425 e.